The standard InChI is InChI=1S/C23H31NO4/c1-7-18(17-10-12-21(26-5)22(14-17)27-6)24-23(25)19(8-2)28-20-11-9-15(3)13-16(20)4/h9-14,18-19H,7-8H2,1-6H3,(H,24,25)/t18-,19+/m0/s1. The smallest absolute Gasteiger partial charge is 0.261 e. The summed E-state index contributed by atoms with van der Waals surface area (Å²) in [7, 11) is 3.21. The van der Waals surface area contributed by atoms with Gasteiger partial charge in [-0.2, -0.15) is 0 Å². The summed E-state index contributed by atoms with van der Waals surface area (Å²) in [5.74, 6) is 1.93. The summed E-state index contributed by atoms with van der Waals surface area (Å²) in [4.78, 5) is 12.9. The van der Waals surface area contributed by atoms with Crippen molar-refractivity contribution in [3.8, 4) is 17.2 Å². The Kier molecular flexibility index (Phi) is 7.73. The number of aryl methyl sites for hydroxylation is 2. The van der Waals surface area contributed by atoms with E-state index in [1.807, 2.05) is 58.0 Å². The van der Waals surface area contributed by atoms with Gasteiger partial charge in [0.1, 0.15) is 5.75 Å². The van der Waals surface area contributed by atoms with Gasteiger partial charge in [-0.15, -0.1) is 0 Å². The average molecular weight is 386 g/mol. The van der Waals surface area contributed by atoms with Crippen LogP contribution in [0.4, 0.5) is 0 Å². The minimum Gasteiger partial charge on any atom is -0.493 e. The maximum absolute atomic E-state index is 12.9. The molecule has 1 amide bonds. The number of benzene rings is 2. The summed E-state index contributed by atoms with van der Waals surface area (Å²) in [5.41, 5.74) is 3.16. The van der Waals surface area contributed by atoms with Crippen molar-refractivity contribution >= 4 is 5.91 Å². The Balaban J connectivity index is 2.15. The molecule has 0 aliphatic rings. The molecule has 1 N–H and O–H groups in total. The van der Waals surface area contributed by atoms with E-state index in [0.717, 1.165) is 23.3 Å². The SMILES string of the molecule is CC[C@H](NC(=O)[C@@H](CC)Oc1ccc(C)cc1C)c1ccc(OC)c(OC)c1. The molecule has 2 aromatic carbocycles. The van der Waals surface area contributed by atoms with Gasteiger partial charge in [0.05, 0.1) is 20.3 Å². The third kappa shape index (κ3) is 5.18. The van der Waals surface area contributed by atoms with Crippen LogP contribution in [0.5, 0.6) is 17.2 Å². The van der Waals surface area contributed by atoms with Gasteiger partial charge in [0.25, 0.3) is 5.91 Å². The molecule has 0 saturated carbocycles. The molecule has 0 radical (unpaired) electrons. The van der Waals surface area contributed by atoms with E-state index in [9.17, 15) is 4.79 Å². The first-order chi connectivity index (χ1) is 13.4. The van der Waals surface area contributed by atoms with Crippen molar-refractivity contribution in [2.45, 2.75) is 52.7 Å². The van der Waals surface area contributed by atoms with E-state index in [2.05, 4.69) is 11.4 Å². The monoisotopic (exact) mass is 385 g/mol. The number of rotatable bonds is 9. The summed E-state index contributed by atoms with van der Waals surface area (Å²) in [6, 6.07) is 11.5. The highest BCUT2D eigenvalue weighted by Gasteiger charge is 2.23. The number of hydrogen-bond donors (Lipinski definition) is 1. The second-order valence-corrected chi connectivity index (χ2v) is 6.87. The fraction of sp³-hybridized carbons (Fsp3) is 0.435. The molecule has 0 aliphatic carbocycles. The van der Waals surface area contributed by atoms with Gasteiger partial charge in [0.15, 0.2) is 17.6 Å². The fourth-order valence-corrected chi connectivity index (χ4v) is 3.16. The van der Waals surface area contributed by atoms with Gasteiger partial charge in [-0.25, -0.2) is 0 Å². The molecule has 0 bridgehead atoms. The Bertz CT molecular complexity index is 803. The molecule has 152 valence electrons. The highest BCUT2D eigenvalue weighted by molar-refractivity contribution is 5.81. The van der Waals surface area contributed by atoms with Crippen LogP contribution in [-0.2, 0) is 4.79 Å². The molecular weight excluding hydrogens is 354 g/mol. The van der Waals surface area contributed by atoms with Crippen molar-refractivity contribution in [2.75, 3.05) is 14.2 Å². The molecule has 0 unspecified atom stereocenters. The second kappa shape index (κ2) is 10.0. The number of carbonyl (C=O) groups is 1. The summed E-state index contributed by atoms with van der Waals surface area (Å²) < 4.78 is 16.7. The van der Waals surface area contributed by atoms with Gasteiger partial charge in [0.2, 0.25) is 0 Å². The zero-order valence-electron chi connectivity index (χ0n) is 17.7. The molecule has 0 heterocycles. The lowest BCUT2D eigenvalue weighted by atomic mass is 10.0. The van der Waals surface area contributed by atoms with Gasteiger partial charge in [-0.3, -0.25) is 4.79 Å². The minimum absolute atomic E-state index is 0.121. The van der Waals surface area contributed by atoms with E-state index < -0.39 is 6.10 Å². The topological polar surface area (TPSA) is 56.8 Å². The first-order valence-electron chi connectivity index (χ1n) is 9.69. The predicted octanol–water partition coefficient (Wildman–Crippen LogP) is 4.75. The maximum atomic E-state index is 12.9. The molecule has 2 rings (SSSR count). The normalized spacial score (nSPS) is 12.8. The van der Waals surface area contributed by atoms with Crippen LogP contribution in [0.15, 0.2) is 36.4 Å². The van der Waals surface area contributed by atoms with E-state index in [1.54, 1.807) is 14.2 Å². The Hall–Kier alpha value is -2.69. The van der Waals surface area contributed by atoms with Crippen LogP contribution in [0, 0.1) is 13.8 Å². The number of nitrogens with one attached hydrogen (secondary N) is 1. The van der Waals surface area contributed by atoms with E-state index in [1.165, 1.54) is 5.56 Å². The fourth-order valence-electron chi connectivity index (χ4n) is 3.16. The van der Waals surface area contributed by atoms with Crippen LogP contribution in [0.3, 0.4) is 0 Å². The van der Waals surface area contributed by atoms with Gasteiger partial charge >= 0.3 is 0 Å². The zero-order chi connectivity index (χ0) is 20.7. The van der Waals surface area contributed by atoms with Crippen LogP contribution in [0.25, 0.3) is 0 Å². The van der Waals surface area contributed by atoms with E-state index in [0.29, 0.717) is 17.9 Å². The lowest BCUT2D eigenvalue weighted by Gasteiger charge is -2.23. The molecule has 0 spiro atoms. The second-order valence-electron chi connectivity index (χ2n) is 6.87. The van der Waals surface area contributed by atoms with E-state index in [-0.39, 0.29) is 11.9 Å². The first kappa shape index (κ1) is 21.6. The van der Waals surface area contributed by atoms with Gasteiger partial charge in [-0.05, 0) is 56.0 Å². The lowest BCUT2D eigenvalue weighted by molar-refractivity contribution is -0.129. The number of hydrogen-bond acceptors (Lipinski definition) is 4. The van der Waals surface area contributed by atoms with Gasteiger partial charge in [-0.1, -0.05) is 37.6 Å². The van der Waals surface area contributed by atoms with Gasteiger partial charge < -0.3 is 19.5 Å². The third-order valence-electron chi connectivity index (χ3n) is 4.80. The quantitative estimate of drug-likeness (QED) is 0.677. The molecule has 0 fully saturated rings. The molecule has 5 heteroatoms. The van der Waals surface area contributed by atoms with Crippen molar-refractivity contribution in [2.24, 2.45) is 0 Å². The molecule has 2 atom stereocenters. The minimum atomic E-state index is -0.546. The average Bonchev–Trinajstić information content (AvgIpc) is 2.70. The molecule has 0 saturated heterocycles. The Morgan fingerprint density at radius 1 is 0.929 bits per heavy atom. The number of carbonyl (C=O) groups excluding carboxylic acids is 1. The summed E-state index contributed by atoms with van der Waals surface area (Å²) in [6.45, 7) is 8.01. The maximum Gasteiger partial charge on any atom is 0.261 e. The van der Waals surface area contributed by atoms with Crippen LogP contribution < -0.4 is 19.5 Å². The molecule has 5 nitrogen and oxygen atoms in total. The van der Waals surface area contributed by atoms with Crippen LogP contribution in [-0.4, -0.2) is 26.2 Å². The zero-order valence-corrected chi connectivity index (χ0v) is 17.7. The number of methoxy groups -OCH3 is 2. The van der Waals surface area contributed by atoms with Crippen LogP contribution in [0.2, 0.25) is 0 Å². The van der Waals surface area contributed by atoms with Gasteiger partial charge in [0, 0.05) is 0 Å². The van der Waals surface area contributed by atoms with Crippen LogP contribution in [0.1, 0.15) is 49.4 Å². The summed E-state index contributed by atoms with van der Waals surface area (Å²) >= 11 is 0. The highest BCUT2D eigenvalue weighted by Crippen LogP contribution is 2.31. The van der Waals surface area contributed by atoms with Crippen molar-refractivity contribution in [3.63, 3.8) is 0 Å². The summed E-state index contributed by atoms with van der Waals surface area (Å²) in [5, 5.41) is 3.11. The molecule has 2 aromatic rings. The first-order valence-corrected chi connectivity index (χ1v) is 9.69. The van der Waals surface area contributed by atoms with Crippen molar-refractivity contribution in [1.82, 2.24) is 5.32 Å². The predicted molar refractivity (Wildman–Crippen MR) is 111 cm³/mol. The molecule has 28 heavy (non-hydrogen) atoms. The Morgan fingerprint density at radius 3 is 2.18 bits per heavy atom. The van der Waals surface area contributed by atoms with E-state index in [4.69, 9.17) is 14.2 Å². The Labute approximate surface area is 168 Å². The summed E-state index contributed by atoms with van der Waals surface area (Å²) in [6.07, 6.45) is 0.790. The van der Waals surface area contributed by atoms with Crippen LogP contribution >= 0.6 is 0 Å². The molecular formula is C23H31NO4. The lowest BCUT2D eigenvalue weighted by Crippen LogP contribution is -2.40. The van der Waals surface area contributed by atoms with E-state index >= 15 is 0 Å². The van der Waals surface area contributed by atoms with Crippen molar-refractivity contribution in [3.05, 3.63) is 53.1 Å². The van der Waals surface area contributed by atoms with Crippen molar-refractivity contribution < 1.29 is 19.0 Å². The molecule has 0 aliphatic heterocycles. The third-order valence-corrected chi connectivity index (χ3v) is 4.80. The highest BCUT2D eigenvalue weighted by atomic mass is 16.5. The molecule has 0 aromatic heterocycles. The van der Waals surface area contributed by atoms with Crippen molar-refractivity contribution in [1.29, 1.82) is 0 Å². The number of ether oxygens (including phenoxy) is 3. The number of amides is 1. The Morgan fingerprint density at radius 2 is 1.61 bits per heavy atom. The largest absolute Gasteiger partial charge is 0.493 e.